The van der Waals surface area contributed by atoms with Crippen LogP contribution in [-0.4, -0.2) is 49.6 Å². The van der Waals surface area contributed by atoms with Crippen LogP contribution in [0.2, 0.25) is 5.02 Å². The van der Waals surface area contributed by atoms with E-state index in [1.165, 1.54) is 11.3 Å². The Hall–Kier alpha value is -2.25. The zero-order valence-corrected chi connectivity index (χ0v) is 17.6. The lowest BCUT2D eigenvalue weighted by Crippen LogP contribution is -2.45. The van der Waals surface area contributed by atoms with Crippen LogP contribution in [0.3, 0.4) is 0 Å². The lowest BCUT2D eigenvalue weighted by atomic mass is 9.97. The summed E-state index contributed by atoms with van der Waals surface area (Å²) in [5.41, 5.74) is 0.984. The molecule has 0 saturated carbocycles. The van der Waals surface area contributed by atoms with Gasteiger partial charge in [0.15, 0.2) is 11.5 Å². The van der Waals surface area contributed by atoms with E-state index in [0.717, 1.165) is 23.3 Å². The first-order valence-electron chi connectivity index (χ1n) is 9.80. The van der Waals surface area contributed by atoms with Gasteiger partial charge >= 0.3 is 0 Å². The van der Waals surface area contributed by atoms with Gasteiger partial charge in [-0.1, -0.05) is 17.7 Å². The van der Waals surface area contributed by atoms with Crippen LogP contribution in [0.4, 0.5) is 0 Å². The number of likely N-dealkylation sites (tertiary alicyclic amines) is 1. The first kappa shape index (κ1) is 20.0. The zero-order valence-electron chi connectivity index (χ0n) is 16.0. The summed E-state index contributed by atoms with van der Waals surface area (Å²) >= 11 is 7.70. The number of nitrogens with one attached hydrogen (secondary N) is 1. The van der Waals surface area contributed by atoms with Crippen LogP contribution in [0.5, 0.6) is 11.5 Å². The van der Waals surface area contributed by atoms with E-state index < -0.39 is 0 Å². The van der Waals surface area contributed by atoms with E-state index in [-0.39, 0.29) is 17.7 Å². The Kier molecular flexibility index (Phi) is 6.25. The number of carbonyl (C=O) groups is 2. The molecule has 2 aliphatic rings. The monoisotopic (exact) mass is 434 g/mol. The molecular formula is C21H23ClN2O4S. The summed E-state index contributed by atoms with van der Waals surface area (Å²) in [5, 5.41) is 5.43. The maximum Gasteiger partial charge on any atom is 0.263 e. The number of nitrogens with zero attached hydrogens (tertiary/aromatic N) is 1. The Morgan fingerprint density at radius 1 is 1.28 bits per heavy atom. The molecule has 0 unspecified atom stereocenters. The highest BCUT2D eigenvalue weighted by Crippen LogP contribution is 2.38. The van der Waals surface area contributed by atoms with Crippen LogP contribution in [0.1, 0.15) is 28.1 Å². The van der Waals surface area contributed by atoms with Crippen LogP contribution < -0.4 is 14.8 Å². The number of rotatable bonds is 5. The molecule has 29 heavy (non-hydrogen) atoms. The fourth-order valence-corrected chi connectivity index (χ4v) is 4.69. The van der Waals surface area contributed by atoms with Crippen molar-refractivity contribution in [2.45, 2.75) is 19.3 Å². The van der Waals surface area contributed by atoms with Gasteiger partial charge < -0.3 is 19.7 Å². The second-order valence-corrected chi connectivity index (χ2v) is 8.57. The molecular weight excluding hydrogens is 412 g/mol. The fraction of sp³-hybridized carbons (Fsp3) is 0.429. The molecule has 1 aromatic carbocycles. The fourth-order valence-electron chi connectivity index (χ4n) is 3.71. The Labute approximate surface area is 178 Å². The van der Waals surface area contributed by atoms with Crippen LogP contribution >= 0.6 is 22.9 Å². The van der Waals surface area contributed by atoms with E-state index in [1.807, 2.05) is 29.6 Å². The largest absolute Gasteiger partial charge is 0.486 e. The van der Waals surface area contributed by atoms with Crippen molar-refractivity contribution in [2.75, 3.05) is 32.8 Å². The normalized spacial score (nSPS) is 18.4. The molecule has 1 fully saturated rings. The van der Waals surface area contributed by atoms with Crippen LogP contribution in [0.25, 0.3) is 0 Å². The predicted octanol–water partition coefficient (Wildman–Crippen LogP) is 3.38. The van der Waals surface area contributed by atoms with Crippen molar-refractivity contribution in [2.24, 2.45) is 5.92 Å². The van der Waals surface area contributed by atoms with Crippen molar-refractivity contribution < 1.29 is 19.1 Å². The average Bonchev–Trinajstić information content (AvgIpc) is 3.28. The minimum absolute atomic E-state index is 0.00248. The van der Waals surface area contributed by atoms with Gasteiger partial charge in [0.2, 0.25) is 5.91 Å². The predicted molar refractivity (Wildman–Crippen MR) is 112 cm³/mol. The Balaban J connectivity index is 1.29. The average molecular weight is 435 g/mol. The third-order valence-corrected chi connectivity index (χ3v) is 6.32. The topological polar surface area (TPSA) is 67.9 Å². The summed E-state index contributed by atoms with van der Waals surface area (Å²) in [6, 6.07) is 7.46. The lowest BCUT2D eigenvalue weighted by Gasteiger charge is -2.31. The van der Waals surface area contributed by atoms with Gasteiger partial charge in [-0.2, -0.15) is 0 Å². The quantitative estimate of drug-likeness (QED) is 0.783. The highest BCUT2D eigenvalue weighted by atomic mass is 35.5. The summed E-state index contributed by atoms with van der Waals surface area (Å²) in [6.45, 7) is 2.68. The molecule has 1 atom stereocenters. The summed E-state index contributed by atoms with van der Waals surface area (Å²) in [5.74, 6) is 1.08. The number of fused-ring (bicyclic) bond motifs is 1. The lowest BCUT2D eigenvalue weighted by molar-refractivity contribution is -0.126. The minimum Gasteiger partial charge on any atom is -0.486 e. The van der Waals surface area contributed by atoms with Crippen molar-refractivity contribution in [3.63, 3.8) is 0 Å². The number of piperidine rings is 1. The second-order valence-electron chi connectivity index (χ2n) is 7.21. The highest BCUT2D eigenvalue weighted by Gasteiger charge is 2.29. The smallest absolute Gasteiger partial charge is 0.263 e. The number of amides is 2. The highest BCUT2D eigenvalue weighted by molar-refractivity contribution is 7.12. The van der Waals surface area contributed by atoms with Crippen molar-refractivity contribution >= 4 is 34.8 Å². The van der Waals surface area contributed by atoms with Gasteiger partial charge in [0.25, 0.3) is 5.91 Å². The molecule has 0 radical (unpaired) electrons. The Morgan fingerprint density at radius 3 is 2.97 bits per heavy atom. The van der Waals surface area contributed by atoms with E-state index in [4.69, 9.17) is 21.1 Å². The molecule has 6 nitrogen and oxygen atoms in total. The first-order valence-corrected chi connectivity index (χ1v) is 11.1. The molecule has 1 saturated heterocycles. The van der Waals surface area contributed by atoms with E-state index in [0.29, 0.717) is 55.8 Å². The summed E-state index contributed by atoms with van der Waals surface area (Å²) in [6.07, 6.45) is 2.29. The number of halogens is 1. The molecule has 154 valence electrons. The van der Waals surface area contributed by atoms with Crippen LogP contribution in [0.15, 0.2) is 29.6 Å². The molecule has 2 amide bonds. The van der Waals surface area contributed by atoms with Gasteiger partial charge in [0.1, 0.15) is 13.2 Å². The van der Waals surface area contributed by atoms with Gasteiger partial charge in [0, 0.05) is 19.6 Å². The molecule has 0 spiro atoms. The van der Waals surface area contributed by atoms with Crippen LogP contribution in [-0.2, 0) is 11.2 Å². The maximum atomic E-state index is 12.6. The van der Waals surface area contributed by atoms with Crippen LogP contribution in [0, 0.1) is 5.92 Å². The molecule has 2 aromatic rings. The molecule has 8 heteroatoms. The molecule has 0 bridgehead atoms. The Morgan fingerprint density at radius 2 is 2.14 bits per heavy atom. The number of thiophene rings is 1. The summed E-state index contributed by atoms with van der Waals surface area (Å²) in [4.78, 5) is 27.7. The van der Waals surface area contributed by atoms with Gasteiger partial charge in [-0.15, -0.1) is 11.3 Å². The van der Waals surface area contributed by atoms with E-state index >= 15 is 0 Å². The van der Waals surface area contributed by atoms with Gasteiger partial charge in [-0.05, 0) is 48.4 Å². The zero-order chi connectivity index (χ0) is 20.2. The van der Waals surface area contributed by atoms with Gasteiger partial charge in [0.05, 0.1) is 15.8 Å². The van der Waals surface area contributed by atoms with E-state index in [2.05, 4.69) is 5.32 Å². The number of hydrogen-bond acceptors (Lipinski definition) is 5. The van der Waals surface area contributed by atoms with Gasteiger partial charge in [-0.25, -0.2) is 0 Å². The standard InChI is InChI=1S/C21H23ClN2O4S/c22-16-11-14(12-17-19(16)28-9-8-27-17)5-6-23-20(25)15-3-1-7-24(13-15)21(26)18-4-2-10-29-18/h2,4,10-12,15H,1,3,5-9,13H2,(H,23,25)/t15-/m0/s1. The number of hydrogen-bond donors (Lipinski definition) is 1. The first-order chi connectivity index (χ1) is 14.1. The number of carbonyl (C=O) groups excluding carboxylic acids is 2. The summed E-state index contributed by atoms with van der Waals surface area (Å²) < 4.78 is 11.1. The number of ether oxygens (including phenoxy) is 2. The molecule has 4 rings (SSSR count). The van der Waals surface area contributed by atoms with Crippen molar-refractivity contribution in [3.8, 4) is 11.5 Å². The minimum atomic E-state index is -0.170. The SMILES string of the molecule is O=C(NCCc1cc(Cl)c2c(c1)OCCO2)[C@H]1CCCN(C(=O)c2cccs2)C1. The second kappa shape index (κ2) is 9.05. The third-order valence-electron chi connectivity index (χ3n) is 5.18. The van der Waals surface area contributed by atoms with Crippen molar-refractivity contribution in [3.05, 3.63) is 45.1 Å². The third kappa shape index (κ3) is 4.67. The maximum absolute atomic E-state index is 12.6. The molecule has 2 aliphatic heterocycles. The summed E-state index contributed by atoms with van der Waals surface area (Å²) in [7, 11) is 0. The molecule has 1 N–H and O–H groups in total. The van der Waals surface area contributed by atoms with E-state index in [1.54, 1.807) is 4.90 Å². The molecule has 3 heterocycles. The van der Waals surface area contributed by atoms with Gasteiger partial charge in [-0.3, -0.25) is 9.59 Å². The van der Waals surface area contributed by atoms with Crippen molar-refractivity contribution in [1.82, 2.24) is 10.2 Å². The Bertz CT molecular complexity index is 887. The number of benzene rings is 1. The molecule has 0 aliphatic carbocycles. The molecule has 1 aromatic heterocycles. The van der Waals surface area contributed by atoms with E-state index in [9.17, 15) is 9.59 Å². The van der Waals surface area contributed by atoms with Crippen molar-refractivity contribution in [1.29, 1.82) is 0 Å².